The molecular weight excluding hydrogens is 477 g/mol. The Morgan fingerprint density at radius 2 is 1.85 bits per heavy atom. The van der Waals surface area contributed by atoms with Gasteiger partial charge in [0.1, 0.15) is 11.4 Å². The quantitative estimate of drug-likeness (QED) is 0.365. The van der Waals surface area contributed by atoms with Crippen LogP contribution in [0.3, 0.4) is 0 Å². The van der Waals surface area contributed by atoms with Gasteiger partial charge < -0.3 is 15.0 Å². The van der Waals surface area contributed by atoms with Crippen LogP contribution in [-0.2, 0) is 10.9 Å². The molecule has 1 amide bonds. The standard InChI is InChI=1S/C22H30ClF3N4O2S/c1-12-10-29(11-13(2)30(12)20(31)32-21(3,4)5)19(27)14-9-15(22(24,25)26)16(23)18-17(14)28-7-6-8-33-18/h9,12-13,27-28H,6-8,10-11H2,1-5H3/t12-,13+. The lowest BCUT2D eigenvalue weighted by molar-refractivity contribution is -0.137. The van der Waals surface area contributed by atoms with Crippen molar-refractivity contribution >= 4 is 41.0 Å². The van der Waals surface area contributed by atoms with Crippen molar-refractivity contribution in [1.82, 2.24) is 9.80 Å². The van der Waals surface area contributed by atoms with Crippen LogP contribution in [0.15, 0.2) is 11.0 Å². The molecule has 1 aromatic rings. The lowest BCUT2D eigenvalue weighted by Crippen LogP contribution is -2.60. The van der Waals surface area contributed by atoms with Crippen molar-refractivity contribution in [3.63, 3.8) is 0 Å². The van der Waals surface area contributed by atoms with E-state index in [0.29, 0.717) is 36.0 Å². The van der Waals surface area contributed by atoms with Crippen LogP contribution in [0.5, 0.6) is 0 Å². The summed E-state index contributed by atoms with van der Waals surface area (Å²) in [5.41, 5.74) is -0.942. The maximum atomic E-state index is 13.7. The van der Waals surface area contributed by atoms with E-state index in [1.165, 1.54) is 11.8 Å². The molecule has 2 atom stereocenters. The number of nitrogens with one attached hydrogen (secondary N) is 2. The van der Waals surface area contributed by atoms with Gasteiger partial charge in [0, 0.05) is 25.2 Å². The van der Waals surface area contributed by atoms with Crippen molar-refractivity contribution in [2.75, 3.05) is 30.7 Å². The zero-order chi connectivity index (χ0) is 24.7. The number of nitrogens with zero attached hydrogens (tertiary/aromatic N) is 2. The number of halogens is 4. The Morgan fingerprint density at radius 3 is 2.39 bits per heavy atom. The number of rotatable bonds is 1. The minimum Gasteiger partial charge on any atom is -0.444 e. The first-order chi connectivity index (χ1) is 15.2. The highest BCUT2D eigenvalue weighted by Gasteiger charge is 2.40. The van der Waals surface area contributed by atoms with E-state index in [4.69, 9.17) is 21.7 Å². The van der Waals surface area contributed by atoms with Gasteiger partial charge in [-0.2, -0.15) is 13.2 Å². The van der Waals surface area contributed by atoms with Crippen molar-refractivity contribution in [2.45, 2.75) is 69.8 Å². The first-order valence-electron chi connectivity index (χ1n) is 10.9. The minimum absolute atomic E-state index is 0.0223. The summed E-state index contributed by atoms with van der Waals surface area (Å²) < 4.78 is 46.8. The predicted octanol–water partition coefficient (Wildman–Crippen LogP) is 5.92. The summed E-state index contributed by atoms with van der Waals surface area (Å²) in [6.07, 6.45) is -4.30. The van der Waals surface area contributed by atoms with Crippen molar-refractivity contribution in [1.29, 1.82) is 5.41 Å². The van der Waals surface area contributed by atoms with Crippen LogP contribution in [0.4, 0.5) is 23.7 Å². The number of alkyl halides is 3. The highest BCUT2D eigenvalue weighted by atomic mass is 35.5. The summed E-state index contributed by atoms with van der Waals surface area (Å²) in [7, 11) is 0. The summed E-state index contributed by atoms with van der Waals surface area (Å²) in [6, 6.07) is 0.386. The van der Waals surface area contributed by atoms with E-state index in [-0.39, 0.29) is 28.5 Å². The van der Waals surface area contributed by atoms with Crippen molar-refractivity contribution in [2.24, 2.45) is 0 Å². The van der Waals surface area contributed by atoms with E-state index in [1.807, 2.05) is 13.8 Å². The van der Waals surface area contributed by atoms with Crippen LogP contribution in [0.25, 0.3) is 0 Å². The molecule has 0 radical (unpaired) electrons. The molecule has 0 aromatic heterocycles. The molecule has 33 heavy (non-hydrogen) atoms. The number of hydrogen-bond acceptors (Lipinski definition) is 5. The molecular formula is C22H30ClF3N4O2S. The average Bonchev–Trinajstić information content (AvgIpc) is 2.91. The van der Waals surface area contributed by atoms with Gasteiger partial charge in [-0.15, -0.1) is 11.8 Å². The second kappa shape index (κ2) is 9.44. The minimum atomic E-state index is -4.63. The maximum Gasteiger partial charge on any atom is 0.417 e. The SMILES string of the molecule is C[C@@H]1CN(C(=N)c2cc(C(F)(F)F)c(Cl)c3c2NCCCS3)C[C@H](C)N1C(=O)OC(C)(C)C. The molecule has 0 spiro atoms. The number of thioether (sulfide) groups is 1. The average molecular weight is 507 g/mol. The Kier molecular flexibility index (Phi) is 7.39. The summed E-state index contributed by atoms with van der Waals surface area (Å²) >= 11 is 7.45. The van der Waals surface area contributed by atoms with Crippen LogP contribution < -0.4 is 5.32 Å². The zero-order valence-corrected chi connectivity index (χ0v) is 21.0. The third kappa shape index (κ3) is 5.65. The molecule has 1 aromatic carbocycles. The Bertz CT molecular complexity index is 924. The van der Waals surface area contributed by atoms with Gasteiger partial charge in [-0.05, 0) is 52.9 Å². The molecule has 0 aliphatic carbocycles. The molecule has 0 bridgehead atoms. The normalized spacial score (nSPS) is 21.7. The number of benzene rings is 1. The molecule has 3 rings (SSSR count). The topological polar surface area (TPSA) is 68.7 Å². The number of carbonyl (C=O) groups excluding carboxylic acids is 1. The van der Waals surface area contributed by atoms with E-state index in [2.05, 4.69) is 5.32 Å². The second-order valence-corrected chi connectivity index (χ2v) is 10.9. The van der Waals surface area contributed by atoms with Crippen molar-refractivity contribution in [3.05, 3.63) is 22.2 Å². The molecule has 2 aliphatic heterocycles. The zero-order valence-electron chi connectivity index (χ0n) is 19.4. The van der Waals surface area contributed by atoms with Gasteiger partial charge in [0.2, 0.25) is 0 Å². The third-order valence-corrected chi connectivity index (χ3v) is 7.18. The first-order valence-corrected chi connectivity index (χ1v) is 12.2. The molecule has 0 unspecified atom stereocenters. The number of ether oxygens (including phenoxy) is 1. The molecule has 2 N–H and O–H groups in total. The van der Waals surface area contributed by atoms with Gasteiger partial charge >= 0.3 is 12.3 Å². The Morgan fingerprint density at radius 1 is 1.24 bits per heavy atom. The Balaban J connectivity index is 1.94. The number of amides is 1. The molecule has 11 heteroatoms. The number of anilines is 1. The van der Waals surface area contributed by atoms with Crippen molar-refractivity contribution in [3.8, 4) is 0 Å². The highest BCUT2D eigenvalue weighted by Crippen LogP contribution is 2.46. The molecule has 1 saturated heterocycles. The highest BCUT2D eigenvalue weighted by molar-refractivity contribution is 7.99. The lowest BCUT2D eigenvalue weighted by atomic mass is 10.0. The van der Waals surface area contributed by atoms with Gasteiger partial charge in [-0.25, -0.2) is 4.79 Å². The number of amidine groups is 1. The van der Waals surface area contributed by atoms with Crippen LogP contribution >= 0.6 is 23.4 Å². The fourth-order valence-corrected chi connectivity index (χ4v) is 5.62. The largest absolute Gasteiger partial charge is 0.444 e. The van der Waals surface area contributed by atoms with Gasteiger partial charge in [0.15, 0.2) is 0 Å². The molecule has 0 saturated carbocycles. The van der Waals surface area contributed by atoms with Crippen LogP contribution in [0.1, 0.15) is 52.2 Å². The molecule has 2 heterocycles. The van der Waals surface area contributed by atoms with Gasteiger partial charge in [-0.1, -0.05) is 11.6 Å². The van der Waals surface area contributed by atoms with Gasteiger partial charge in [-0.3, -0.25) is 10.3 Å². The van der Waals surface area contributed by atoms with Crippen LogP contribution in [-0.4, -0.2) is 64.8 Å². The fraction of sp³-hybridized carbons (Fsp3) is 0.636. The van der Waals surface area contributed by atoms with Gasteiger partial charge in [0.25, 0.3) is 0 Å². The number of piperazine rings is 1. The van der Waals surface area contributed by atoms with Crippen LogP contribution in [0.2, 0.25) is 5.02 Å². The smallest absolute Gasteiger partial charge is 0.417 e. The number of carbonyl (C=O) groups is 1. The summed E-state index contributed by atoms with van der Waals surface area (Å²) in [5.74, 6) is 0.613. The van der Waals surface area contributed by atoms with E-state index >= 15 is 0 Å². The maximum absolute atomic E-state index is 13.7. The fourth-order valence-electron chi connectivity index (χ4n) is 4.15. The van der Waals surface area contributed by atoms with E-state index in [1.54, 1.807) is 30.6 Å². The predicted molar refractivity (Wildman–Crippen MR) is 126 cm³/mol. The molecule has 6 nitrogen and oxygen atoms in total. The first kappa shape index (κ1) is 25.8. The molecule has 1 fully saturated rings. The Labute approximate surface area is 201 Å². The van der Waals surface area contributed by atoms with Crippen LogP contribution in [0, 0.1) is 5.41 Å². The summed E-state index contributed by atoms with van der Waals surface area (Å²) in [5, 5.41) is 11.7. The number of fused-ring (bicyclic) bond motifs is 1. The third-order valence-electron chi connectivity index (χ3n) is 5.49. The Hall–Kier alpha value is -1.81. The second-order valence-electron chi connectivity index (χ2n) is 9.46. The van der Waals surface area contributed by atoms with Crippen molar-refractivity contribution < 1.29 is 22.7 Å². The van der Waals surface area contributed by atoms with Gasteiger partial charge in [0.05, 0.1) is 33.3 Å². The molecule has 2 aliphatic rings. The monoisotopic (exact) mass is 506 g/mol. The molecule has 184 valence electrons. The van der Waals surface area contributed by atoms with E-state index in [9.17, 15) is 18.0 Å². The summed E-state index contributed by atoms with van der Waals surface area (Å²) in [6.45, 7) is 10.3. The van der Waals surface area contributed by atoms with E-state index in [0.717, 1.165) is 12.5 Å². The lowest BCUT2D eigenvalue weighted by Gasteiger charge is -2.45. The summed E-state index contributed by atoms with van der Waals surface area (Å²) in [4.78, 5) is 16.4. The number of hydrogen-bond donors (Lipinski definition) is 2. The van der Waals surface area contributed by atoms with E-state index < -0.39 is 23.4 Å².